The second-order valence-corrected chi connectivity index (χ2v) is 8.21. The molecule has 0 fully saturated rings. The van der Waals surface area contributed by atoms with Gasteiger partial charge in [-0.25, -0.2) is 4.98 Å². The number of rotatable bonds is 5. The highest BCUT2D eigenvalue weighted by Crippen LogP contribution is 2.30. The summed E-state index contributed by atoms with van der Waals surface area (Å²) in [5.74, 6) is 0.785. The zero-order valence-electron chi connectivity index (χ0n) is 16.4. The Bertz CT molecular complexity index is 1130. The van der Waals surface area contributed by atoms with Gasteiger partial charge in [-0.2, -0.15) is 0 Å². The predicted molar refractivity (Wildman–Crippen MR) is 117 cm³/mol. The van der Waals surface area contributed by atoms with Gasteiger partial charge in [0, 0.05) is 49.5 Å². The molecule has 0 bridgehead atoms. The van der Waals surface area contributed by atoms with Gasteiger partial charge in [0.1, 0.15) is 17.5 Å². The summed E-state index contributed by atoms with van der Waals surface area (Å²) in [6.07, 6.45) is 3.62. The summed E-state index contributed by atoms with van der Waals surface area (Å²) in [5.41, 5.74) is 2.77. The Morgan fingerprint density at radius 2 is 2.00 bits per heavy atom. The first-order valence-corrected chi connectivity index (χ1v) is 10.9. The summed E-state index contributed by atoms with van der Waals surface area (Å²) in [6.45, 7) is 2.83. The number of nitrogens with zero attached hydrogens (tertiary/aromatic N) is 3. The largest absolute Gasteiger partial charge is 0.484 e. The first kappa shape index (κ1) is 18.8. The van der Waals surface area contributed by atoms with E-state index in [0.29, 0.717) is 12.2 Å². The van der Waals surface area contributed by atoms with Gasteiger partial charge in [-0.3, -0.25) is 14.1 Å². The van der Waals surface area contributed by atoms with Crippen molar-refractivity contribution in [1.82, 2.24) is 19.6 Å². The third kappa shape index (κ3) is 3.94. The van der Waals surface area contributed by atoms with E-state index < -0.39 is 0 Å². The summed E-state index contributed by atoms with van der Waals surface area (Å²) in [7, 11) is 0. The number of nitrogens with one attached hydrogen (secondary N) is 1. The van der Waals surface area contributed by atoms with Crippen molar-refractivity contribution < 1.29 is 9.53 Å². The van der Waals surface area contributed by atoms with Crippen LogP contribution in [0.15, 0.2) is 72.4 Å². The lowest BCUT2D eigenvalue weighted by Crippen LogP contribution is -2.36. The van der Waals surface area contributed by atoms with Crippen molar-refractivity contribution in [2.75, 3.05) is 19.6 Å². The van der Waals surface area contributed by atoms with Crippen LogP contribution in [0.2, 0.25) is 0 Å². The average Bonchev–Trinajstić information content (AvgIpc) is 3.32. The topological polar surface area (TPSA) is 58.9 Å². The molecule has 0 radical (unpaired) electrons. The lowest BCUT2D eigenvalue weighted by atomic mass is 10.1. The second kappa shape index (κ2) is 8.30. The van der Waals surface area contributed by atoms with Gasteiger partial charge in [-0.05, 0) is 11.6 Å². The van der Waals surface area contributed by atoms with E-state index in [9.17, 15) is 4.79 Å². The number of hydrogen-bond donors (Lipinski definition) is 1. The molecule has 4 aromatic rings. The standard InChI is InChI=1S/C23H22N4O2S/c28-22(19-15-27-12-13-30-23(27)25-19)24-10-11-26-14-18-8-4-5-9-20(18)29-21(16-26)17-6-2-1-3-7-17/h1-9,12-13,15,21H,10-11,14,16H2,(H,24,28). The average molecular weight is 419 g/mol. The molecule has 6 nitrogen and oxygen atoms in total. The van der Waals surface area contributed by atoms with Crippen LogP contribution in [0.3, 0.4) is 0 Å². The molecular formula is C23H22N4O2S. The smallest absolute Gasteiger partial charge is 0.271 e. The van der Waals surface area contributed by atoms with E-state index >= 15 is 0 Å². The normalized spacial score (nSPS) is 16.6. The number of ether oxygens (including phenoxy) is 1. The number of amides is 1. The van der Waals surface area contributed by atoms with Crippen LogP contribution in [-0.4, -0.2) is 39.8 Å². The van der Waals surface area contributed by atoms with Crippen LogP contribution in [-0.2, 0) is 6.54 Å². The second-order valence-electron chi connectivity index (χ2n) is 7.33. The number of thiazole rings is 1. The Hall–Kier alpha value is -3.16. The van der Waals surface area contributed by atoms with Crippen LogP contribution in [0.1, 0.15) is 27.7 Å². The molecule has 152 valence electrons. The molecular weight excluding hydrogens is 396 g/mol. The Labute approximate surface area is 178 Å². The molecule has 2 aromatic carbocycles. The molecule has 0 aliphatic carbocycles. The van der Waals surface area contributed by atoms with Crippen molar-refractivity contribution in [3.63, 3.8) is 0 Å². The molecule has 1 N–H and O–H groups in total. The van der Waals surface area contributed by atoms with E-state index in [0.717, 1.165) is 41.5 Å². The van der Waals surface area contributed by atoms with Crippen molar-refractivity contribution in [3.05, 3.63) is 89.2 Å². The fraction of sp³-hybridized carbons (Fsp3) is 0.217. The number of carbonyl (C=O) groups excluding carboxylic acids is 1. The molecule has 0 saturated carbocycles. The lowest BCUT2D eigenvalue weighted by molar-refractivity contribution is 0.0938. The number of para-hydroxylation sites is 1. The summed E-state index contributed by atoms with van der Waals surface area (Å²) >= 11 is 1.52. The maximum atomic E-state index is 12.5. The number of benzene rings is 2. The SMILES string of the molecule is O=C(NCCN1Cc2ccccc2OC(c2ccccc2)C1)c1cn2ccsc2n1. The van der Waals surface area contributed by atoms with Crippen LogP contribution in [0.25, 0.3) is 4.96 Å². The molecule has 3 heterocycles. The fourth-order valence-electron chi connectivity index (χ4n) is 3.75. The number of imidazole rings is 1. The molecule has 1 aliphatic rings. The molecule has 1 atom stereocenters. The molecule has 30 heavy (non-hydrogen) atoms. The van der Waals surface area contributed by atoms with E-state index in [2.05, 4.69) is 33.4 Å². The summed E-state index contributed by atoms with van der Waals surface area (Å²) in [4.78, 5) is 20.0. The third-order valence-electron chi connectivity index (χ3n) is 5.27. The van der Waals surface area contributed by atoms with Crippen LogP contribution in [0.4, 0.5) is 0 Å². The van der Waals surface area contributed by atoms with Crippen LogP contribution < -0.4 is 10.1 Å². The molecule has 5 rings (SSSR count). The van der Waals surface area contributed by atoms with E-state index in [4.69, 9.17) is 4.74 Å². The molecule has 1 aliphatic heterocycles. The van der Waals surface area contributed by atoms with Gasteiger partial charge >= 0.3 is 0 Å². The van der Waals surface area contributed by atoms with Gasteiger partial charge in [-0.1, -0.05) is 48.5 Å². The van der Waals surface area contributed by atoms with Gasteiger partial charge in [0.15, 0.2) is 4.96 Å². The van der Waals surface area contributed by atoms with Crippen molar-refractivity contribution >= 4 is 22.2 Å². The molecule has 0 spiro atoms. The van der Waals surface area contributed by atoms with E-state index in [1.54, 1.807) is 6.20 Å². The van der Waals surface area contributed by atoms with Crippen LogP contribution in [0, 0.1) is 0 Å². The van der Waals surface area contributed by atoms with Crippen molar-refractivity contribution in [1.29, 1.82) is 0 Å². The maximum Gasteiger partial charge on any atom is 0.271 e. The molecule has 1 unspecified atom stereocenters. The Morgan fingerprint density at radius 3 is 2.87 bits per heavy atom. The minimum absolute atomic E-state index is 0.0505. The zero-order chi connectivity index (χ0) is 20.3. The van der Waals surface area contributed by atoms with Crippen LogP contribution >= 0.6 is 11.3 Å². The van der Waals surface area contributed by atoms with Gasteiger partial charge < -0.3 is 10.1 Å². The molecule has 0 saturated heterocycles. The number of aromatic nitrogens is 2. The van der Waals surface area contributed by atoms with Gasteiger partial charge in [0.2, 0.25) is 0 Å². The highest BCUT2D eigenvalue weighted by atomic mass is 32.1. The van der Waals surface area contributed by atoms with Crippen molar-refractivity contribution in [2.45, 2.75) is 12.6 Å². The first-order valence-electron chi connectivity index (χ1n) is 9.98. The first-order chi connectivity index (χ1) is 14.8. The predicted octanol–water partition coefficient (Wildman–Crippen LogP) is 3.76. The van der Waals surface area contributed by atoms with Crippen LogP contribution in [0.5, 0.6) is 5.75 Å². The number of carbonyl (C=O) groups is 1. The van der Waals surface area contributed by atoms with Gasteiger partial charge in [-0.15, -0.1) is 11.3 Å². The molecule has 7 heteroatoms. The molecule has 1 amide bonds. The minimum Gasteiger partial charge on any atom is -0.484 e. The Balaban J connectivity index is 1.27. The van der Waals surface area contributed by atoms with Gasteiger partial charge in [0.05, 0.1) is 0 Å². The van der Waals surface area contributed by atoms with E-state index in [-0.39, 0.29) is 12.0 Å². The van der Waals surface area contributed by atoms with Gasteiger partial charge in [0.25, 0.3) is 5.91 Å². The number of hydrogen-bond acceptors (Lipinski definition) is 5. The Kier molecular flexibility index (Phi) is 5.21. The highest BCUT2D eigenvalue weighted by Gasteiger charge is 2.24. The summed E-state index contributed by atoms with van der Waals surface area (Å²) in [5, 5.41) is 4.95. The number of fused-ring (bicyclic) bond motifs is 2. The maximum absolute atomic E-state index is 12.5. The van der Waals surface area contributed by atoms with Crippen molar-refractivity contribution in [2.24, 2.45) is 0 Å². The molecule has 2 aromatic heterocycles. The summed E-state index contributed by atoms with van der Waals surface area (Å²) in [6, 6.07) is 18.5. The fourth-order valence-corrected chi connectivity index (χ4v) is 4.45. The quantitative estimate of drug-likeness (QED) is 0.536. The monoisotopic (exact) mass is 418 g/mol. The van der Waals surface area contributed by atoms with Crippen molar-refractivity contribution in [3.8, 4) is 5.75 Å². The third-order valence-corrected chi connectivity index (χ3v) is 6.04. The zero-order valence-corrected chi connectivity index (χ0v) is 17.2. The van der Waals surface area contributed by atoms with E-state index in [1.807, 2.05) is 52.4 Å². The summed E-state index contributed by atoms with van der Waals surface area (Å²) < 4.78 is 8.22. The Morgan fingerprint density at radius 1 is 1.17 bits per heavy atom. The van der Waals surface area contributed by atoms with E-state index in [1.165, 1.54) is 11.3 Å². The minimum atomic E-state index is -0.142. The lowest BCUT2D eigenvalue weighted by Gasteiger charge is -2.24. The highest BCUT2D eigenvalue weighted by molar-refractivity contribution is 7.15.